The molecule has 0 spiro atoms. The monoisotopic (exact) mass is 362 g/mol. The molecule has 0 aromatic heterocycles. The first-order valence-electron chi connectivity index (χ1n) is 10.1. The van der Waals surface area contributed by atoms with Gasteiger partial charge in [0.15, 0.2) is 0 Å². The summed E-state index contributed by atoms with van der Waals surface area (Å²) in [5.74, 6) is 0.898. The van der Waals surface area contributed by atoms with Crippen LogP contribution < -0.4 is 4.74 Å². The van der Waals surface area contributed by atoms with Crippen molar-refractivity contribution < 1.29 is 4.74 Å². The van der Waals surface area contributed by atoms with Crippen molar-refractivity contribution in [1.29, 1.82) is 5.26 Å². The summed E-state index contributed by atoms with van der Waals surface area (Å²) < 4.78 is 5.81. The van der Waals surface area contributed by atoms with Crippen LogP contribution in [0.15, 0.2) is 53.5 Å². The third-order valence-corrected chi connectivity index (χ3v) is 4.51. The minimum Gasteiger partial charge on any atom is -0.494 e. The summed E-state index contributed by atoms with van der Waals surface area (Å²) in [5.41, 5.74) is 2.52. The highest BCUT2D eigenvalue weighted by Crippen LogP contribution is 2.19. The highest BCUT2D eigenvalue weighted by molar-refractivity contribution is 5.82. The smallest absolute Gasteiger partial charge is 0.119 e. The van der Waals surface area contributed by atoms with Gasteiger partial charge in [0.1, 0.15) is 5.75 Å². The summed E-state index contributed by atoms with van der Waals surface area (Å²) in [6.07, 6.45) is 12.3. The first kappa shape index (κ1) is 20.7. The van der Waals surface area contributed by atoms with Gasteiger partial charge in [0.05, 0.1) is 23.9 Å². The van der Waals surface area contributed by atoms with E-state index in [1.54, 1.807) is 18.3 Å². The van der Waals surface area contributed by atoms with Gasteiger partial charge in [-0.2, -0.15) is 5.26 Å². The van der Waals surface area contributed by atoms with Gasteiger partial charge in [-0.05, 0) is 48.4 Å². The zero-order valence-corrected chi connectivity index (χ0v) is 16.4. The maximum Gasteiger partial charge on any atom is 0.119 e. The van der Waals surface area contributed by atoms with E-state index in [0.29, 0.717) is 5.56 Å². The normalized spacial score (nSPS) is 10.8. The lowest BCUT2D eigenvalue weighted by molar-refractivity contribution is 0.304. The van der Waals surface area contributed by atoms with Crippen molar-refractivity contribution in [2.45, 2.75) is 58.3 Å². The summed E-state index contributed by atoms with van der Waals surface area (Å²) in [4.78, 5) is 4.46. The van der Waals surface area contributed by atoms with Gasteiger partial charge in [-0.25, -0.2) is 0 Å². The second-order valence-corrected chi connectivity index (χ2v) is 6.81. The van der Waals surface area contributed by atoms with Crippen LogP contribution in [-0.2, 0) is 0 Å². The van der Waals surface area contributed by atoms with E-state index < -0.39 is 0 Å². The molecule has 27 heavy (non-hydrogen) atoms. The van der Waals surface area contributed by atoms with Crippen molar-refractivity contribution in [1.82, 2.24) is 0 Å². The van der Waals surface area contributed by atoms with Gasteiger partial charge in [0.25, 0.3) is 0 Å². The fraction of sp³-hybridized carbons (Fsp3) is 0.417. The summed E-state index contributed by atoms with van der Waals surface area (Å²) in [7, 11) is 0. The Labute approximate surface area is 163 Å². The number of nitrogens with zero attached hydrogens (tertiary/aromatic N) is 2. The highest BCUT2D eigenvalue weighted by atomic mass is 16.5. The van der Waals surface area contributed by atoms with E-state index in [9.17, 15) is 0 Å². The number of aliphatic imine (C=N–C) groups is 1. The van der Waals surface area contributed by atoms with Crippen LogP contribution >= 0.6 is 0 Å². The average molecular weight is 363 g/mol. The van der Waals surface area contributed by atoms with Crippen molar-refractivity contribution in [3.05, 3.63) is 59.7 Å². The third-order valence-electron chi connectivity index (χ3n) is 4.51. The van der Waals surface area contributed by atoms with Crippen molar-refractivity contribution in [2.24, 2.45) is 4.99 Å². The maximum absolute atomic E-state index is 8.81. The molecule has 2 rings (SSSR count). The van der Waals surface area contributed by atoms with Crippen molar-refractivity contribution in [3.8, 4) is 11.8 Å². The van der Waals surface area contributed by atoms with Crippen LogP contribution in [0, 0.1) is 11.3 Å². The average Bonchev–Trinajstić information content (AvgIpc) is 2.72. The third kappa shape index (κ3) is 8.55. The molecule has 2 aromatic rings. The predicted molar refractivity (Wildman–Crippen MR) is 113 cm³/mol. The Balaban J connectivity index is 1.64. The van der Waals surface area contributed by atoms with E-state index in [4.69, 9.17) is 10.00 Å². The molecule has 0 aliphatic rings. The lowest BCUT2D eigenvalue weighted by Crippen LogP contribution is -1.96. The van der Waals surface area contributed by atoms with Crippen LogP contribution in [0.25, 0.3) is 0 Å². The number of rotatable bonds is 12. The zero-order valence-electron chi connectivity index (χ0n) is 16.4. The van der Waals surface area contributed by atoms with Crippen LogP contribution in [0.5, 0.6) is 5.75 Å². The number of ether oxygens (including phenoxy) is 1. The summed E-state index contributed by atoms with van der Waals surface area (Å²) >= 11 is 0. The molecule has 0 heterocycles. The molecular formula is C24H30N2O. The Morgan fingerprint density at radius 1 is 0.852 bits per heavy atom. The van der Waals surface area contributed by atoms with Gasteiger partial charge in [-0.15, -0.1) is 0 Å². The Morgan fingerprint density at radius 2 is 1.48 bits per heavy atom. The van der Waals surface area contributed by atoms with Crippen molar-refractivity contribution in [2.75, 3.05) is 6.61 Å². The molecule has 0 fully saturated rings. The first-order valence-corrected chi connectivity index (χ1v) is 10.1. The fourth-order valence-corrected chi connectivity index (χ4v) is 2.85. The molecule has 0 unspecified atom stereocenters. The minimum absolute atomic E-state index is 0.658. The molecule has 0 atom stereocenters. The summed E-state index contributed by atoms with van der Waals surface area (Å²) in [6.45, 7) is 3.04. The Kier molecular flexibility index (Phi) is 9.74. The molecule has 3 nitrogen and oxygen atoms in total. The second-order valence-electron chi connectivity index (χ2n) is 6.81. The van der Waals surface area contributed by atoms with Gasteiger partial charge < -0.3 is 4.74 Å². The molecule has 0 saturated heterocycles. The molecule has 3 heteroatoms. The van der Waals surface area contributed by atoms with Gasteiger partial charge in [-0.3, -0.25) is 4.99 Å². The SMILES string of the molecule is CCCCCCCCCCOc1ccc(N=Cc2ccc(C#N)cc2)cc1. The van der Waals surface area contributed by atoms with Gasteiger partial charge in [0, 0.05) is 6.21 Å². The van der Waals surface area contributed by atoms with E-state index in [0.717, 1.165) is 30.0 Å². The molecule has 0 aliphatic heterocycles. The van der Waals surface area contributed by atoms with Crippen LogP contribution in [0.1, 0.15) is 69.4 Å². The van der Waals surface area contributed by atoms with Gasteiger partial charge in [0.2, 0.25) is 0 Å². The molecule has 0 aliphatic carbocycles. The van der Waals surface area contributed by atoms with E-state index in [1.165, 1.54) is 44.9 Å². The van der Waals surface area contributed by atoms with E-state index in [-0.39, 0.29) is 0 Å². The molecule has 142 valence electrons. The summed E-state index contributed by atoms with van der Waals surface area (Å²) in [5, 5.41) is 8.81. The van der Waals surface area contributed by atoms with Crippen molar-refractivity contribution in [3.63, 3.8) is 0 Å². The number of hydrogen-bond acceptors (Lipinski definition) is 3. The lowest BCUT2D eigenvalue weighted by atomic mass is 10.1. The summed E-state index contributed by atoms with van der Waals surface area (Å²) in [6, 6.07) is 17.3. The first-order chi connectivity index (χ1) is 13.3. The molecule has 0 bridgehead atoms. The fourth-order valence-electron chi connectivity index (χ4n) is 2.85. The standard InChI is InChI=1S/C24H30N2O/c1-2-3-4-5-6-7-8-9-18-27-24-16-14-23(15-17-24)26-20-22-12-10-21(19-25)11-13-22/h10-17,20H,2-9,18H2,1H3. The molecule has 0 N–H and O–H groups in total. The van der Waals surface area contributed by atoms with Crippen molar-refractivity contribution >= 4 is 11.9 Å². The van der Waals surface area contributed by atoms with Crippen LogP contribution in [0.4, 0.5) is 5.69 Å². The van der Waals surface area contributed by atoms with E-state index in [2.05, 4.69) is 18.0 Å². The number of nitriles is 1. The molecule has 0 amide bonds. The quantitative estimate of drug-likeness (QED) is 0.307. The Hall–Kier alpha value is -2.60. The van der Waals surface area contributed by atoms with Crippen LogP contribution in [0.3, 0.4) is 0 Å². The number of hydrogen-bond donors (Lipinski definition) is 0. The predicted octanol–water partition coefficient (Wildman–Crippen LogP) is 6.83. The molecule has 0 radical (unpaired) electrons. The number of unbranched alkanes of at least 4 members (excludes halogenated alkanes) is 7. The minimum atomic E-state index is 0.658. The van der Waals surface area contributed by atoms with E-state index in [1.807, 2.05) is 36.4 Å². The van der Waals surface area contributed by atoms with Gasteiger partial charge in [-0.1, -0.05) is 64.0 Å². The largest absolute Gasteiger partial charge is 0.494 e. The maximum atomic E-state index is 8.81. The van der Waals surface area contributed by atoms with E-state index >= 15 is 0 Å². The Morgan fingerprint density at radius 3 is 2.11 bits per heavy atom. The van der Waals surface area contributed by atoms with Crippen LogP contribution in [-0.4, -0.2) is 12.8 Å². The second kappa shape index (κ2) is 12.7. The lowest BCUT2D eigenvalue weighted by Gasteiger charge is -2.06. The van der Waals surface area contributed by atoms with Gasteiger partial charge >= 0.3 is 0 Å². The van der Waals surface area contributed by atoms with Crippen LogP contribution in [0.2, 0.25) is 0 Å². The molecule has 0 saturated carbocycles. The molecular weight excluding hydrogens is 332 g/mol. The number of benzene rings is 2. The molecule has 2 aromatic carbocycles. The zero-order chi connectivity index (χ0) is 19.2. The highest BCUT2D eigenvalue weighted by Gasteiger charge is 1.96. The Bertz CT molecular complexity index is 712. The topological polar surface area (TPSA) is 45.4 Å².